The predicted molar refractivity (Wildman–Crippen MR) is 80.6 cm³/mol. The molecule has 3 aromatic rings. The molecule has 0 bridgehead atoms. The number of pyridine rings is 1. The van der Waals surface area contributed by atoms with Crippen LogP contribution >= 0.6 is 0 Å². The quantitative estimate of drug-likeness (QED) is 0.759. The topological polar surface area (TPSA) is 79.9 Å². The number of carbonyl (C=O) groups excluding carboxylic acids is 1. The van der Waals surface area contributed by atoms with E-state index in [1.807, 2.05) is 36.4 Å². The number of imidazole rings is 1. The van der Waals surface area contributed by atoms with Crippen LogP contribution < -0.4 is 10.1 Å². The van der Waals surface area contributed by atoms with E-state index in [0.29, 0.717) is 18.9 Å². The lowest BCUT2D eigenvalue weighted by molar-refractivity contribution is 0.0914. The molecule has 4 rings (SSSR count). The van der Waals surface area contributed by atoms with Gasteiger partial charge in [0.15, 0.2) is 5.82 Å². The number of para-hydroxylation sites is 2. The van der Waals surface area contributed by atoms with Crippen molar-refractivity contribution >= 4 is 16.9 Å². The zero-order chi connectivity index (χ0) is 14.9. The van der Waals surface area contributed by atoms with Crippen molar-refractivity contribution in [1.82, 2.24) is 20.3 Å². The Balaban J connectivity index is 1.60. The molecule has 6 nitrogen and oxygen atoms in total. The normalized spacial score (nSPS) is 16.8. The average Bonchev–Trinajstić information content (AvgIpc) is 2.99. The zero-order valence-electron chi connectivity index (χ0n) is 11.7. The molecule has 1 aliphatic rings. The smallest absolute Gasteiger partial charge is 0.287 e. The van der Waals surface area contributed by atoms with Crippen molar-refractivity contribution in [3.05, 3.63) is 54.1 Å². The van der Waals surface area contributed by atoms with Crippen molar-refractivity contribution < 1.29 is 9.53 Å². The van der Waals surface area contributed by atoms with E-state index >= 15 is 0 Å². The van der Waals surface area contributed by atoms with Crippen molar-refractivity contribution in [3.63, 3.8) is 0 Å². The summed E-state index contributed by atoms with van der Waals surface area (Å²) >= 11 is 0. The van der Waals surface area contributed by atoms with E-state index in [1.54, 1.807) is 6.20 Å². The Morgan fingerprint density at radius 1 is 1.27 bits per heavy atom. The standard InChI is InChI=1S/C16H14N4O2/c21-16(15-18-10-4-1-2-5-11(10)19-15)20-12-7-9-22-13-6-3-8-17-14(12)13/h1-6,8,12H,7,9H2,(H,18,19)(H,20,21). The first-order valence-electron chi connectivity index (χ1n) is 7.14. The summed E-state index contributed by atoms with van der Waals surface area (Å²) in [5, 5.41) is 2.98. The molecule has 2 N–H and O–H groups in total. The number of amides is 1. The van der Waals surface area contributed by atoms with Gasteiger partial charge in [0, 0.05) is 12.6 Å². The monoisotopic (exact) mass is 294 g/mol. The second kappa shape index (κ2) is 5.14. The number of fused-ring (bicyclic) bond motifs is 2. The molecule has 1 aliphatic heterocycles. The maximum Gasteiger partial charge on any atom is 0.287 e. The number of benzene rings is 1. The summed E-state index contributed by atoms with van der Waals surface area (Å²) in [6, 6.07) is 11.1. The van der Waals surface area contributed by atoms with E-state index in [4.69, 9.17) is 4.74 Å². The molecule has 1 amide bonds. The van der Waals surface area contributed by atoms with Gasteiger partial charge in [-0.15, -0.1) is 0 Å². The molecule has 0 saturated carbocycles. The average molecular weight is 294 g/mol. The van der Waals surface area contributed by atoms with Gasteiger partial charge >= 0.3 is 0 Å². The molecule has 3 heterocycles. The number of ether oxygens (including phenoxy) is 1. The molecule has 0 fully saturated rings. The van der Waals surface area contributed by atoms with Gasteiger partial charge in [0.05, 0.1) is 23.7 Å². The van der Waals surface area contributed by atoms with Crippen LogP contribution in [0.3, 0.4) is 0 Å². The molecule has 1 aromatic carbocycles. The number of nitrogens with zero attached hydrogens (tertiary/aromatic N) is 2. The van der Waals surface area contributed by atoms with E-state index in [0.717, 1.165) is 22.5 Å². The summed E-state index contributed by atoms with van der Waals surface area (Å²) in [4.78, 5) is 24.1. The Hall–Kier alpha value is -2.89. The van der Waals surface area contributed by atoms with Crippen molar-refractivity contribution in [3.8, 4) is 5.75 Å². The van der Waals surface area contributed by atoms with E-state index in [-0.39, 0.29) is 11.9 Å². The number of rotatable bonds is 2. The van der Waals surface area contributed by atoms with Crippen LogP contribution in [0.15, 0.2) is 42.6 Å². The van der Waals surface area contributed by atoms with Crippen molar-refractivity contribution in [2.75, 3.05) is 6.61 Å². The fourth-order valence-corrected chi connectivity index (χ4v) is 2.64. The highest BCUT2D eigenvalue weighted by molar-refractivity contribution is 5.94. The van der Waals surface area contributed by atoms with Crippen molar-refractivity contribution in [2.45, 2.75) is 12.5 Å². The molecule has 1 atom stereocenters. The number of aromatic amines is 1. The fraction of sp³-hybridized carbons (Fsp3) is 0.188. The minimum atomic E-state index is -0.236. The van der Waals surface area contributed by atoms with Gasteiger partial charge in [-0.05, 0) is 24.3 Å². The third-order valence-electron chi connectivity index (χ3n) is 3.70. The number of nitrogens with one attached hydrogen (secondary N) is 2. The molecular weight excluding hydrogens is 280 g/mol. The van der Waals surface area contributed by atoms with Crippen LogP contribution in [0.2, 0.25) is 0 Å². The largest absolute Gasteiger partial charge is 0.491 e. The minimum Gasteiger partial charge on any atom is -0.491 e. The molecule has 1 unspecified atom stereocenters. The Labute approximate surface area is 126 Å². The summed E-state index contributed by atoms with van der Waals surface area (Å²) in [6.45, 7) is 0.559. The molecule has 0 spiro atoms. The predicted octanol–water partition coefficient (Wildman–Crippen LogP) is 2.21. The first kappa shape index (κ1) is 12.8. The van der Waals surface area contributed by atoms with Gasteiger partial charge in [-0.25, -0.2) is 4.98 Å². The van der Waals surface area contributed by atoms with Crippen LogP contribution in [0.25, 0.3) is 11.0 Å². The number of hydrogen-bond donors (Lipinski definition) is 2. The first-order valence-corrected chi connectivity index (χ1v) is 7.14. The van der Waals surface area contributed by atoms with Gasteiger partial charge in [-0.2, -0.15) is 0 Å². The summed E-state index contributed by atoms with van der Waals surface area (Å²) < 4.78 is 5.55. The summed E-state index contributed by atoms with van der Waals surface area (Å²) in [5.74, 6) is 0.800. The fourth-order valence-electron chi connectivity index (χ4n) is 2.64. The van der Waals surface area contributed by atoms with Crippen molar-refractivity contribution in [1.29, 1.82) is 0 Å². The molecule has 22 heavy (non-hydrogen) atoms. The highest BCUT2D eigenvalue weighted by Crippen LogP contribution is 2.29. The van der Waals surface area contributed by atoms with Gasteiger partial charge in [0.25, 0.3) is 5.91 Å². The Morgan fingerprint density at radius 2 is 2.18 bits per heavy atom. The number of H-pyrrole nitrogens is 1. The van der Waals surface area contributed by atoms with Crippen LogP contribution in [0.4, 0.5) is 0 Å². The van der Waals surface area contributed by atoms with Crippen LogP contribution in [-0.4, -0.2) is 27.5 Å². The van der Waals surface area contributed by atoms with Gasteiger partial charge in [0.1, 0.15) is 11.4 Å². The van der Waals surface area contributed by atoms with Crippen LogP contribution in [0.1, 0.15) is 28.8 Å². The summed E-state index contributed by atoms with van der Waals surface area (Å²) in [5.41, 5.74) is 2.38. The Bertz CT molecular complexity index is 810. The SMILES string of the molecule is O=C(NC1CCOc2cccnc21)c1nc2ccccc2[nH]1. The molecular formula is C16H14N4O2. The Kier molecular flexibility index (Phi) is 3.00. The van der Waals surface area contributed by atoms with E-state index in [2.05, 4.69) is 20.3 Å². The molecule has 110 valence electrons. The zero-order valence-corrected chi connectivity index (χ0v) is 11.7. The molecule has 0 aliphatic carbocycles. The van der Waals surface area contributed by atoms with Crippen molar-refractivity contribution in [2.24, 2.45) is 0 Å². The lowest BCUT2D eigenvalue weighted by Gasteiger charge is -2.25. The van der Waals surface area contributed by atoms with Gasteiger partial charge in [0.2, 0.25) is 0 Å². The van der Waals surface area contributed by atoms with Gasteiger partial charge < -0.3 is 15.0 Å². The maximum absolute atomic E-state index is 12.4. The Morgan fingerprint density at radius 3 is 3.09 bits per heavy atom. The van der Waals surface area contributed by atoms with E-state index in [9.17, 15) is 4.79 Å². The van der Waals surface area contributed by atoms with Crippen LogP contribution in [0.5, 0.6) is 5.75 Å². The maximum atomic E-state index is 12.4. The summed E-state index contributed by atoms with van der Waals surface area (Å²) in [7, 11) is 0. The second-order valence-electron chi connectivity index (χ2n) is 5.15. The van der Waals surface area contributed by atoms with Crippen LogP contribution in [0, 0.1) is 0 Å². The first-order chi connectivity index (χ1) is 10.8. The minimum absolute atomic E-state index is 0.161. The second-order valence-corrected chi connectivity index (χ2v) is 5.15. The highest BCUT2D eigenvalue weighted by atomic mass is 16.5. The lowest BCUT2D eigenvalue weighted by atomic mass is 10.1. The van der Waals surface area contributed by atoms with Gasteiger partial charge in [-0.1, -0.05) is 12.1 Å². The molecule has 0 radical (unpaired) electrons. The highest BCUT2D eigenvalue weighted by Gasteiger charge is 2.25. The third-order valence-corrected chi connectivity index (χ3v) is 3.70. The number of hydrogen-bond acceptors (Lipinski definition) is 4. The number of carbonyl (C=O) groups is 1. The van der Waals surface area contributed by atoms with E-state index < -0.39 is 0 Å². The van der Waals surface area contributed by atoms with Gasteiger partial charge in [-0.3, -0.25) is 9.78 Å². The third kappa shape index (κ3) is 2.18. The molecule has 2 aromatic heterocycles. The van der Waals surface area contributed by atoms with Crippen LogP contribution in [-0.2, 0) is 0 Å². The lowest BCUT2D eigenvalue weighted by Crippen LogP contribution is -2.33. The number of aromatic nitrogens is 3. The molecule has 0 saturated heterocycles. The van der Waals surface area contributed by atoms with E-state index in [1.165, 1.54) is 0 Å². The molecule has 6 heteroatoms. The summed E-state index contributed by atoms with van der Waals surface area (Å²) in [6.07, 6.45) is 2.39.